The van der Waals surface area contributed by atoms with Gasteiger partial charge in [0.15, 0.2) is 0 Å². The Kier molecular flexibility index (Phi) is 4.14. The lowest BCUT2D eigenvalue weighted by Gasteiger charge is -2.28. The molecule has 0 fully saturated rings. The zero-order chi connectivity index (χ0) is 14.9. The molecule has 1 aliphatic heterocycles. The standard InChI is InChI=1S/C16H23FN2O/c1-16(2,3)9-12(10-18)15(20)19-7-6-11-4-5-13(17)8-14(11)19/h4-5,8,12H,6-7,9-10,18H2,1-3H3. The maximum Gasteiger partial charge on any atom is 0.231 e. The second kappa shape index (κ2) is 5.52. The maximum atomic E-state index is 13.4. The van der Waals surface area contributed by atoms with Gasteiger partial charge in [-0.15, -0.1) is 0 Å². The van der Waals surface area contributed by atoms with Crippen LogP contribution in [0.15, 0.2) is 18.2 Å². The maximum absolute atomic E-state index is 13.4. The average molecular weight is 278 g/mol. The highest BCUT2D eigenvalue weighted by molar-refractivity contribution is 5.97. The van der Waals surface area contributed by atoms with Gasteiger partial charge < -0.3 is 10.6 Å². The third-order valence-corrected chi connectivity index (χ3v) is 3.70. The quantitative estimate of drug-likeness (QED) is 0.924. The molecule has 3 nitrogen and oxygen atoms in total. The number of nitrogens with two attached hydrogens (primary N) is 1. The van der Waals surface area contributed by atoms with E-state index in [0.29, 0.717) is 18.8 Å². The molecule has 0 radical (unpaired) electrons. The molecule has 1 amide bonds. The Bertz CT molecular complexity index is 508. The number of nitrogens with zero attached hydrogens (tertiary/aromatic N) is 1. The third kappa shape index (κ3) is 3.18. The molecule has 2 N–H and O–H groups in total. The smallest absolute Gasteiger partial charge is 0.231 e. The molecule has 0 spiro atoms. The molecule has 0 aromatic heterocycles. The number of rotatable bonds is 3. The number of fused-ring (bicyclic) bond motifs is 1. The fourth-order valence-electron chi connectivity index (χ4n) is 2.81. The largest absolute Gasteiger partial charge is 0.330 e. The lowest BCUT2D eigenvalue weighted by Crippen LogP contribution is -2.40. The van der Waals surface area contributed by atoms with Crippen LogP contribution in [0.25, 0.3) is 0 Å². The van der Waals surface area contributed by atoms with Crippen LogP contribution in [0.2, 0.25) is 0 Å². The number of amides is 1. The summed E-state index contributed by atoms with van der Waals surface area (Å²) in [5, 5.41) is 0. The van der Waals surface area contributed by atoms with E-state index in [-0.39, 0.29) is 23.1 Å². The molecule has 4 heteroatoms. The fourth-order valence-corrected chi connectivity index (χ4v) is 2.81. The van der Waals surface area contributed by atoms with Gasteiger partial charge in [-0.3, -0.25) is 4.79 Å². The summed E-state index contributed by atoms with van der Waals surface area (Å²) in [7, 11) is 0. The van der Waals surface area contributed by atoms with Gasteiger partial charge in [-0.1, -0.05) is 26.8 Å². The molecule has 1 atom stereocenters. The normalized spacial score (nSPS) is 16.1. The molecule has 0 aliphatic carbocycles. The van der Waals surface area contributed by atoms with Crippen molar-refractivity contribution in [3.8, 4) is 0 Å². The summed E-state index contributed by atoms with van der Waals surface area (Å²) in [5.41, 5.74) is 7.57. The van der Waals surface area contributed by atoms with Crippen molar-refractivity contribution in [1.29, 1.82) is 0 Å². The number of carbonyl (C=O) groups excluding carboxylic acids is 1. The highest BCUT2D eigenvalue weighted by Crippen LogP contribution is 2.32. The van der Waals surface area contributed by atoms with Crippen LogP contribution in [0.3, 0.4) is 0 Å². The first-order valence-corrected chi connectivity index (χ1v) is 7.12. The van der Waals surface area contributed by atoms with Crippen molar-refractivity contribution in [3.63, 3.8) is 0 Å². The zero-order valence-corrected chi connectivity index (χ0v) is 12.4. The lowest BCUT2D eigenvalue weighted by atomic mass is 9.84. The molecule has 20 heavy (non-hydrogen) atoms. The summed E-state index contributed by atoms with van der Waals surface area (Å²) in [5.74, 6) is -0.487. The Hall–Kier alpha value is -1.42. The summed E-state index contributed by atoms with van der Waals surface area (Å²) in [6.45, 7) is 7.25. The van der Waals surface area contributed by atoms with Gasteiger partial charge in [-0.05, 0) is 36.0 Å². The second-order valence-corrected chi connectivity index (χ2v) is 6.71. The molecule has 0 saturated heterocycles. The van der Waals surface area contributed by atoms with Crippen LogP contribution in [0, 0.1) is 17.2 Å². The van der Waals surface area contributed by atoms with Gasteiger partial charge in [0.2, 0.25) is 5.91 Å². The van der Waals surface area contributed by atoms with E-state index in [2.05, 4.69) is 20.8 Å². The first-order valence-electron chi connectivity index (χ1n) is 7.12. The predicted octanol–water partition coefficient (Wildman–Crippen LogP) is 2.73. The van der Waals surface area contributed by atoms with Gasteiger partial charge in [0.25, 0.3) is 0 Å². The SMILES string of the molecule is CC(C)(C)CC(CN)C(=O)N1CCc2ccc(F)cc21. The van der Waals surface area contributed by atoms with Crippen molar-refractivity contribution >= 4 is 11.6 Å². The van der Waals surface area contributed by atoms with Gasteiger partial charge >= 0.3 is 0 Å². The zero-order valence-electron chi connectivity index (χ0n) is 12.4. The Balaban J connectivity index is 2.21. The fraction of sp³-hybridized carbons (Fsp3) is 0.562. The number of hydrogen-bond donors (Lipinski definition) is 1. The number of hydrogen-bond acceptors (Lipinski definition) is 2. The molecular formula is C16H23FN2O. The highest BCUT2D eigenvalue weighted by Gasteiger charge is 2.32. The molecule has 1 unspecified atom stereocenters. The summed E-state index contributed by atoms with van der Waals surface area (Å²) < 4.78 is 13.4. The van der Waals surface area contributed by atoms with Crippen molar-refractivity contribution in [3.05, 3.63) is 29.6 Å². The van der Waals surface area contributed by atoms with E-state index < -0.39 is 0 Å². The minimum atomic E-state index is -0.302. The van der Waals surface area contributed by atoms with Gasteiger partial charge in [0.1, 0.15) is 5.82 Å². The van der Waals surface area contributed by atoms with Crippen molar-refractivity contribution in [2.75, 3.05) is 18.0 Å². The van der Waals surface area contributed by atoms with Crippen LogP contribution in [-0.4, -0.2) is 19.0 Å². The van der Waals surface area contributed by atoms with E-state index in [0.717, 1.165) is 18.4 Å². The Morgan fingerprint density at radius 1 is 1.45 bits per heavy atom. The lowest BCUT2D eigenvalue weighted by molar-refractivity contribution is -0.122. The molecule has 1 aromatic rings. The summed E-state index contributed by atoms with van der Waals surface area (Å²) in [6.07, 6.45) is 1.53. The second-order valence-electron chi connectivity index (χ2n) is 6.71. The summed E-state index contributed by atoms with van der Waals surface area (Å²) in [6, 6.07) is 4.66. The molecular weight excluding hydrogens is 255 g/mol. The van der Waals surface area contributed by atoms with Crippen LogP contribution >= 0.6 is 0 Å². The van der Waals surface area contributed by atoms with Crippen molar-refractivity contribution in [2.24, 2.45) is 17.1 Å². The van der Waals surface area contributed by atoms with Gasteiger partial charge in [-0.2, -0.15) is 0 Å². The topological polar surface area (TPSA) is 46.3 Å². The first kappa shape index (κ1) is 15.0. The summed E-state index contributed by atoms with van der Waals surface area (Å²) in [4.78, 5) is 14.3. The van der Waals surface area contributed by atoms with Gasteiger partial charge in [0.05, 0.1) is 5.92 Å². The monoisotopic (exact) mass is 278 g/mol. The molecule has 1 aliphatic rings. The van der Waals surface area contributed by atoms with Crippen molar-refractivity contribution < 1.29 is 9.18 Å². The number of halogens is 1. The van der Waals surface area contributed by atoms with Gasteiger partial charge in [0, 0.05) is 18.8 Å². The van der Waals surface area contributed by atoms with E-state index in [1.807, 2.05) is 0 Å². The molecule has 1 aromatic carbocycles. The highest BCUT2D eigenvalue weighted by atomic mass is 19.1. The van der Waals surface area contributed by atoms with E-state index in [9.17, 15) is 9.18 Å². The van der Waals surface area contributed by atoms with E-state index >= 15 is 0 Å². The van der Waals surface area contributed by atoms with Crippen LogP contribution in [-0.2, 0) is 11.2 Å². The number of benzene rings is 1. The van der Waals surface area contributed by atoms with E-state index in [4.69, 9.17) is 5.73 Å². The number of anilines is 1. The van der Waals surface area contributed by atoms with E-state index in [1.54, 1.807) is 11.0 Å². The molecule has 1 heterocycles. The van der Waals surface area contributed by atoms with Crippen molar-refractivity contribution in [2.45, 2.75) is 33.6 Å². The third-order valence-electron chi connectivity index (χ3n) is 3.70. The predicted molar refractivity (Wildman–Crippen MR) is 79.1 cm³/mol. The Morgan fingerprint density at radius 3 is 2.75 bits per heavy atom. The average Bonchev–Trinajstić information content (AvgIpc) is 2.76. The Morgan fingerprint density at radius 2 is 2.15 bits per heavy atom. The van der Waals surface area contributed by atoms with Gasteiger partial charge in [-0.25, -0.2) is 4.39 Å². The van der Waals surface area contributed by atoms with Crippen LogP contribution < -0.4 is 10.6 Å². The molecule has 0 saturated carbocycles. The van der Waals surface area contributed by atoms with Crippen LogP contribution in [0.5, 0.6) is 0 Å². The minimum Gasteiger partial charge on any atom is -0.330 e. The molecule has 2 rings (SSSR count). The van der Waals surface area contributed by atoms with Crippen LogP contribution in [0.1, 0.15) is 32.8 Å². The Labute approximate surface area is 120 Å². The van der Waals surface area contributed by atoms with E-state index in [1.165, 1.54) is 12.1 Å². The molecule has 110 valence electrons. The summed E-state index contributed by atoms with van der Waals surface area (Å²) >= 11 is 0. The number of carbonyl (C=O) groups is 1. The minimum absolute atomic E-state index is 0.0202. The molecule has 0 bridgehead atoms. The van der Waals surface area contributed by atoms with Crippen molar-refractivity contribution in [1.82, 2.24) is 0 Å². The first-order chi connectivity index (χ1) is 9.31. The van der Waals surface area contributed by atoms with Crippen LogP contribution in [0.4, 0.5) is 10.1 Å².